The lowest BCUT2D eigenvalue weighted by Crippen LogP contribution is -2.44. The first-order valence-corrected chi connectivity index (χ1v) is 8.95. The molecule has 0 radical (unpaired) electrons. The maximum Gasteiger partial charge on any atom is 0.213 e. The second-order valence-corrected chi connectivity index (χ2v) is 6.78. The predicted molar refractivity (Wildman–Crippen MR) is 109 cm³/mol. The van der Waals surface area contributed by atoms with Crippen LogP contribution in [0, 0.1) is 5.92 Å². The van der Waals surface area contributed by atoms with Crippen molar-refractivity contribution in [2.75, 3.05) is 26.3 Å². The smallest absolute Gasteiger partial charge is 0.213 e. The van der Waals surface area contributed by atoms with Crippen LogP contribution in [0.5, 0.6) is 5.88 Å². The van der Waals surface area contributed by atoms with E-state index in [0.717, 1.165) is 37.4 Å². The van der Waals surface area contributed by atoms with Gasteiger partial charge in [0.25, 0.3) is 0 Å². The van der Waals surface area contributed by atoms with Crippen molar-refractivity contribution in [2.24, 2.45) is 16.6 Å². The molecule has 0 atom stereocenters. The van der Waals surface area contributed by atoms with Gasteiger partial charge in [0.2, 0.25) is 5.88 Å². The number of halogens is 1. The second-order valence-electron chi connectivity index (χ2n) is 6.78. The number of morpholine rings is 1. The first kappa shape index (κ1) is 20.2. The van der Waals surface area contributed by atoms with Gasteiger partial charge in [-0.25, -0.2) is 9.98 Å². The summed E-state index contributed by atoms with van der Waals surface area (Å²) in [4.78, 5) is 10.9. The van der Waals surface area contributed by atoms with Crippen LogP contribution in [-0.4, -0.2) is 48.3 Å². The molecule has 1 aromatic heterocycles. The van der Waals surface area contributed by atoms with E-state index in [2.05, 4.69) is 21.8 Å². The van der Waals surface area contributed by atoms with E-state index in [9.17, 15) is 0 Å². The highest BCUT2D eigenvalue weighted by Gasteiger charge is 2.20. The van der Waals surface area contributed by atoms with Gasteiger partial charge in [0.05, 0.1) is 19.8 Å². The molecule has 0 aromatic carbocycles. The molecule has 140 valence electrons. The third-order valence-electron chi connectivity index (χ3n) is 4.81. The molecular formula is C18H29IN4O2. The van der Waals surface area contributed by atoms with Crippen molar-refractivity contribution < 1.29 is 9.47 Å². The van der Waals surface area contributed by atoms with Crippen molar-refractivity contribution in [3.8, 4) is 5.88 Å². The molecule has 0 spiro atoms. The van der Waals surface area contributed by atoms with Gasteiger partial charge in [-0.15, -0.1) is 24.0 Å². The summed E-state index contributed by atoms with van der Waals surface area (Å²) in [6, 6.07) is 3.94. The van der Waals surface area contributed by atoms with Crippen LogP contribution in [0.15, 0.2) is 23.3 Å². The number of hydrogen-bond acceptors (Lipinski definition) is 4. The van der Waals surface area contributed by atoms with Crippen LogP contribution in [0.3, 0.4) is 0 Å². The van der Waals surface area contributed by atoms with Crippen LogP contribution in [0.1, 0.15) is 38.2 Å². The van der Waals surface area contributed by atoms with Gasteiger partial charge in [-0.05, 0) is 43.2 Å². The van der Waals surface area contributed by atoms with Crippen LogP contribution in [0.25, 0.3) is 0 Å². The molecule has 2 heterocycles. The van der Waals surface area contributed by atoms with Crippen molar-refractivity contribution in [3.05, 3.63) is 23.9 Å². The minimum atomic E-state index is 0. The van der Waals surface area contributed by atoms with Crippen LogP contribution < -0.4 is 10.5 Å². The zero-order valence-corrected chi connectivity index (χ0v) is 17.2. The number of guanidine groups is 1. The highest BCUT2D eigenvalue weighted by Crippen LogP contribution is 2.26. The fraction of sp³-hybridized carbons (Fsp3) is 0.667. The van der Waals surface area contributed by atoms with Gasteiger partial charge in [-0.3, -0.25) is 0 Å². The Labute approximate surface area is 167 Å². The zero-order valence-electron chi connectivity index (χ0n) is 14.9. The molecule has 6 nitrogen and oxygen atoms in total. The monoisotopic (exact) mass is 460 g/mol. The Bertz CT molecular complexity index is 556. The number of ether oxygens (including phenoxy) is 2. The van der Waals surface area contributed by atoms with E-state index in [1.807, 2.05) is 12.1 Å². The lowest BCUT2D eigenvalue weighted by Gasteiger charge is -2.27. The van der Waals surface area contributed by atoms with Crippen molar-refractivity contribution >= 4 is 29.9 Å². The second kappa shape index (κ2) is 10.2. The molecule has 0 bridgehead atoms. The van der Waals surface area contributed by atoms with E-state index in [1.165, 1.54) is 12.8 Å². The molecule has 1 aliphatic carbocycles. The topological polar surface area (TPSA) is 73.0 Å². The highest BCUT2D eigenvalue weighted by molar-refractivity contribution is 14.0. The Morgan fingerprint density at radius 2 is 2.04 bits per heavy atom. The summed E-state index contributed by atoms with van der Waals surface area (Å²) in [6.45, 7) is 5.89. The normalized spacial score (nSPS) is 24.5. The minimum Gasteiger partial charge on any atom is -0.474 e. The van der Waals surface area contributed by atoms with Gasteiger partial charge < -0.3 is 20.1 Å². The van der Waals surface area contributed by atoms with Gasteiger partial charge in [0, 0.05) is 25.4 Å². The minimum absolute atomic E-state index is 0. The van der Waals surface area contributed by atoms with Crippen LogP contribution in [0.4, 0.5) is 0 Å². The molecule has 2 fully saturated rings. The Balaban J connectivity index is 0.00000225. The van der Waals surface area contributed by atoms with E-state index >= 15 is 0 Å². The number of nitrogens with zero attached hydrogens (tertiary/aromatic N) is 3. The molecule has 1 aromatic rings. The highest BCUT2D eigenvalue weighted by atomic mass is 127. The lowest BCUT2D eigenvalue weighted by atomic mass is 9.89. The molecule has 0 amide bonds. The molecule has 2 N–H and O–H groups in total. The van der Waals surface area contributed by atoms with Gasteiger partial charge in [0.1, 0.15) is 6.10 Å². The molecule has 0 unspecified atom stereocenters. The van der Waals surface area contributed by atoms with Crippen molar-refractivity contribution in [3.63, 3.8) is 0 Å². The average Bonchev–Trinajstić information content (AvgIpc) is 2.63. The fourth-order valence-corrected chi connectivity index (χ4v) is 3.20. The van der Waals surface area contributed by atoms with Crippen LogP contribution in [-0.2, 0) is 11.3 Å². The van der Waals surface area contributed by atoms with E-state index in [0.29, 0.717) is 37.7 Å². The SMILES string of the molecule is CC1CCC(Oc2cc(CN=C(N)N3CCOCC3)ccn2)CC1.I. The lowest BCUT2D eigenvalue weighted by molar-refractivity contribution is 0.0674. The van der Waals surface area contributed by atoms with Crippen molar-refractivity contribution in [1.29, 1.82) is 0 Å². The molecule has 2 aliphatic rings. The average molecular weight is 460 g/mol. The van der Waals surface area contributed by atoms with E-state index in [4.69, 9.17) is 15.2 Å². The van der Waals surface area contributed by atoms with Gasteiger partial charge >= 0.3 is 0 Å². The Kier molecular flexibility index (Phi) is 8.21. The summed E-state index contributed by atoms with van der Waals surface area (Å²) >= 11 is 0. The Morgan fingerprint density at radius 3 is 2.76 bits per heavy atom. The number of hydrogen-bond donors (Lipinski definition) is 1. The molecule has 1 aliphatic heterocycles. The van der Waals surface area contributed by atoms with Crippen LogP contribution in [0.2, 0.25) is 0 Å². The first-order valence-electron chi connectivity index (χ1n) is 8.95. The Morgan fingerprint density at radius 1 is 1.32 bits per heavy atom. The summed E-state index contributed by atoms with van der Waals surface area (Å²) in [6.07, 6.45) is 6.81. The maximum absolute atomic E-state index is 6.07. The summed E-state index contributed by atoms with van der Waals surface area (Å²) < 4.78 is 11.4. The molecule has 7 heteroatoms. The largest absolute Gasteiger partial charge is 0.474 e. The number of aromatic nitrogens is 1. The number of rotatable bonds is 4. The Hall–Kier alpha value is -1.09. The fourth-order valence-electron chi connectivity index (χ4n) is 3.20. The molecule has 25 heavy (non-hydrogen) atoms. The van der Waals surface area contributed by atoms with E-state index < -0.39 is 0 Å². The summed E-state index contributed by atoms with van der Waals surface area (Å²) in [5, 5.41) is 0. The third kappa shape index (κ3) is 6.29. The number of nitrogens with two attached hydrogens (primary N) is 1. The van der Waals surface area contributed by atoms with Gasteiger partial charge in [0.15, 0.2) is 5.96 Å². The van der Waals surface area contributed by atoms with Gasteiger partial charge in [-0.1, -0.05) is 6.92 Å². The van der Waals surface area contributed by atoms with Crippen molar-refractivity contribution in [1.82, 2.24) is 9.88 Å². The summed E-state index contributed by atoms with van der Waals surface area (Å²) in [5.74, 6) is 2.10. The molecular weight excluding hydrogens is 431 g/mol. The summed E-state index contributed by atoms with van der Waals surface area (Å²) in [7, 11) is 0. The zero-order chi connectivity index (χ0) is 16.8. The molecule has 1 saturated heterocycles. The number of aliphatic imine (C=N–C) groups is 1. The quantitative estimate of drug-likeness (QED) is 0.425. The van der Waals surface area contributed by atoms with Crippen molar-refractivity contribution in [2.45, 2.75) is 45.3 Å². The number of pyridine rings is 1. The molecule has 1 saturated carbocycles. The predicted octanol–water partition coefficient (Wildman–Crippen LogP) is 2.80. The van der Waals surface area contributed by atoms with E-state index in [1.54, 1.807) is 6.20 Å². The summed E-state index contributed by atoms with van der Waals surface area (Å²) in [5.41, 5.74) is 7.14. The third-order valence-corrected chi connectivity index (χ3v) is 4.81. The standard InChI is InChI=1S/C18H28N4O2.HI/c1-14-2-4-16(5-3-14)24-17-12-15(6-7-20-17)13-21-18(19)22-8-10-23-11-9-22;/h6-7,12,14,16H,2-5,8-11,13H2,1H3,(H2,19,21);1H. The maximum atomic E-state index is 6.07. The van der Waals surface area contributed by atoms with Crippen LogP contribution >= 0.6 is 24.0 Å². The van der Waals surface area contributed by atoms with Gasteiger partial charge in [-0.2, -0.15) is 0 Å². The first-order chi connectivity index (χ1) is 11.7. The van der Waals surface area contributed by atoms with E-state index in [-0.39, 0.29) is 24.0 Å². The molecule has 3 rings (SSSR count).